The first kappa shape index (κ1) is 15.9. The lowest BCUT2D eigenvalue weighted by atomic mass is 10.2. The summed E-state index contributed by atoms with van der Waals surface area (Å²) in [4.78, 5) is 11.9. The van der Waals surface area contributed by atoms with Gasteiger partial charge in [-0.15, -0.1) is 0 Å². The van der Waals surface area contributed by atoms with E-state index in [1.54, 1.807) is 18.2 Å². The van der Waals surface area contributed by atoms with Crippen molar-refractivity contribution in [2.24, 2.45) is 0 Å². The van der Waals surface area contributed by atoms with Crippen LogP contribution in [0.25, 0.3) is 0 Å². The zero-order valence-electron chi connectivity index (χ0n) is 13.0. The van der Waals surface area contributed by atoms with E-state index in [9.17, 15) is 4.79 Å². The largest absolute Gasteiger partial charge is 0.490 e. The zero-order chi connectivity index (χ0) is 15.8. The van der Waals surface area contributed by atoms with Crippen LogP contribution in [0.2, 0.25) is 0 Å². The van der Waals surface area contributed by atoms with Crippen molar-refractivity contribution in [3.05, 3.63) is 59.7 Å². The number of ether oxygens (including phenoxy) is 2. The Morgan fingerprint density at radius 3 is 2.45 bits per heavy atom. The van der Waals surface area contributed by atoms with Crippen LogP contribution < -0.4 is 14.8 Å². The lowest BCUT2D eigenvalue weighted by Gasteiger charge is -2.13. The fourth-order valence-corrected chi connectivity index (χ4v) is 2.03. The van der Waals surface area contributed by atoms with Gasteiger partial charge in [0.2, 0.25) is 0 Å². The molecule has 22 heavy (non-hydrogen) atoms. The van der Waals surface area contributed by atoms with Crippen LogP contribution in [0.5, 0.6) is 11.5 Å². The van der Waals surface area contributed by atoms with Gasteiger partial charge in [-0.05, 0) is 37.6 Å². The molecule has 0 aliphatic carbocycles. The number of rotatable bonds is 7. The molecule has 0 radical (unpaired) electrons. The van der Waals surface area contributed by atoms with Crippen LogP contribution in [0.15, 0.2) is 48.5 Å². The molecule has 0 saturated heterocycles. The molecule has 116 valence electrons. The summed E-state index contributed by atoms with van der Waals surface area (Å²) < 4.78 is 11.4. The minimum absolute atomic E-state index is 0.113. The number of carbonyl (C=O) groups excluding carboxylic acids is 1. The van der Waals surface area contributed by atoms with E-state index in [0.29, 0.717) is 36.8 Å². The highest BCUT2D eigenvalue weighted by molar-refractivity contribution is 5.94. The van der Waals surface area contributed by atoms with Crippen LogP contribution in [-0.2, 0) is 6.61 Å². The highest BCUT2D eigenvalue weighted by Gasteiger charge is 2.11. The molecule has 2 aromatic carbocycles. The van der Waals surface area contributed by atoms with Crippen molar-refractivity contribution in [2.75, 3.05) is 13.2 Å². The zero-order valence-corrected chi connectivity index (χ0v) is 13.0. The molecule has 0 aliphatic heterocycles. The second kappa shape index (κ2) is 8.08. The van der Waals surface area contributed by atoms with Crippen LogP contribution in [-0.4, -0.2) is 19.1 Å². The number of nitrogens with one attached hydrogen (secondary N) is 1. The molecule has 4 nitrogen and oxygen atoms in total. The van der Waals surface area contributed by atoms with Crippen molar-refractivity contribution < 1.29 is 14.3 Å². The fourth-order valence-electron chi connectivity index (χ4n) is 2.03. The Kier molecular flexibility index (Phi) is 5.83. The Morgan fingerprint density at radius 2 is 1.77 bits per heavy atom. The average molecular weight is 299 g/mol. The lowest BCUT2D eigenvalue weighted by Crippen LogP contribution is -2.22. The molecule has 1 amide bonds. The Labute approximate surface area is 131 Å². The monoisotopic (exact) mass is 299 g/mol. The summed E-state index contributed by atoms with van der Waals surface area (Å²) in [6.07, 6.45) is 0. The SMILES string of the molecule is CCNC(=O)c1ccc(OCc2ccccc2)c(OCC)c1. The third kappa shape index (κ3) is 4.25. The average Bonchev–Trinajstić information content (AvgIpc) is 2.55. The molecule has 0 bridgehead atoms. The van der Waals surface area contributed by atoms with Gasteiger partial charge in [-0.3, -0.25) is 4.79 Å². The topological polar surface area (TPSA) is 47.6 Å². The number of benzene rings is 2. The maximum Gasteiger partial charge on any atom is 0.251 e. The number of hydrogen-bond acceptors (Lipinski definition) is 3. The summed E-state index contributed by atoms with van der Waals surface area (Å²) in [6.45, 7) is 5.36. The summed E-state index contributed by atoms with van der Waals surface area (Å²) in [6, 6.07) is 15.2. The normalized spacial score (nSPS) is 10.1. The van der Waals surface area contributed by atoms with Crippen LogP contribution in [0.1, 0.15) is 29.8 Å². The van der Waals surface area contributed by atoms with Crippen molar-refractivity contribution in [1.29, 1.82) is 0 Å². The van der Waals surface area contributed by atoms with Crippen LogP contribution in [0.3, 0.4) is 0 Å². The molecule has 0 fully saturated rings. The van der Waals surface area contributed by atoms with Crippen LogP contribution in [0, 0.1) is 0 Å². The molecule has 2 rings (SSSR count). The van der Waals surface area contributed by atoms with Gasteiger partial charge in [0.05, 0.1) is 6.61 Å². The smallest absolute Gasteiger partial charge is 0.251 e. The maximum atomic E-state index is 11.9. The predicted octanol–water partition coefficient (Wildman–Crippen LogP) is 3.41. The van der Waals surface area contributed by atoms with Gasteiger partial charge in [0.25, 0.3) is 5.91 Å². The molecular formula is C18H21NO3. The molecule has 0 heterocycles. The minimum Gasteiger partial charge on any atom is -0.490 e. The van der Waals surface area contributed by atoms with Crippen LogP contribution in [0.4, 0.5) is 0 Å². The van der Waals surface area contributed by atoms with Gasteiger partial charge in [0, 0.05) is 12.1 Å². The highest BCUT2D eigenvalue weighted by atomic mass is 16.5. The molecule has 0 atom stereocenters. The van der Waals surface area contributed by atoms with E-state index in [2.05, 4.69) is 5.32 Å². The fraction of sp³-hybridized carbons (Fsp3) is 0.278. The van der Waals surface area contributed by atoms with E-state index in [4.69, 9.17) is 9.47 Å². The quantitative estimate of drug-likeness (QED) is 0.852. The summed E-state index contributed by atoms with van der Waals surface area (Å²) >= 11 is 0. The van der Waals surface area contributed by atoms with Gasteiger partial charge >= 0.3 is 0 Å². The van der Waals surface area contributed by atoms with E-state index in [-0.39, 0.29) is 5.91 Å². The number of amides is 1. The first-order valence-electron chi connectivity index (χ1n) is 7.46. The van der Waals surface area contributed by atoms with Gasteiger partial charge in [0.1, 0.15) is 6.61 Å². The first-order chi connectivity index (χ1) is 10.7. The van der Waals surface area contributed by atoms with Crippen LogP contribution >= 0.6 is 0 Å². The van der Waals surface area contributed by atoms with Crippen molar-refractivity contribution in [2.45, 2.75) is 20.5 Å². The first-order valence-corrected chi connectivity index (χ1v) is 7.46. The standard InChI is InChI=1S/C18H21NO3/c1-3-19-18(20)15-10-11-16(17(12-15)21-4-2)22-13-14-8-6-5-7-9-14/h5-12H,3-4,13H2,1-2H3,(H,19,20). The second-order valence-electron chi connectivity index (χ2n) is 4.73. The van der Waals surface area contributed by atoms with E-state index < -0.39 is 0 Å². The molecule has 0 unspecified atom stereocenters. The van der Waals surface area contributed by atoms with E-state index in [1.165, 1.54) is 0 Å². The summed E-state index contributed by atoms with van der Waals surface area (Å²) in [7, 11) is 0. The van der Waals surface area contributed by atoms with Gasteiger partial charge in [-0.2, -0.15) is 0 Å². The predicted molar refractivity (Wildman–Crippen MR) is 86.4 cm³/mol. The molecule has 4 heteroatoms. The minimum atomic E-state index is -0.113. The second-order valence-corrected chi connectivity index (χ2v) is 4.73. The van der Waals surface area contributed by atoms with Gasteiger partial charge in [0.15, 0.2) is 11.5 Å². The maximum absolute atomic E-state index is 11.9. The molecule has 0 spiro atoms. The Bertz CT molecular complexity index is 611. The lowest BCUT2D eigenvalue weighted by molar-refractivity contribution is 0.0955. The highest BCUT2D eigenvalue weighted by Crippen LogP contribution is 2.29. The molecule has 0 aliphatic rings. The van der Waals surface area contributed by atoms with Crippen molar-refractivity contribution in [3.8, 4) is 11.5 Å². The van der Waals surface area contributed by atoms with Crippen molar-refractivity contribution >= 4 is 5.91 Å². The third-order valence-electron chi connectivity index (χ3n) is 3.08. The van der Waals surface area contributed by atoms with Crippen molar-refractivity contribution in [1.82, 2.24) is 5.32 Å². The van der Waals surface area contributed by atoms with Gasteiger partial charge in [-0.25, -0.2) is 0 Å². The molecule has 2 aromatic rings. The van der Waals surface area contributed by atoms with Gasteiger partial charge in [-0.1, -0.05) is 30.3 Å². The summed E-state index contributed by atoms with van der Waals surface area (Å²) in [5, 5.41) is 2.77. The molecular weight excluding hydrogens is 278 g/mol. The Morgan fingerprint density at radius 1 is 1.00 bits per heavy atom. The van der Waals surface area contributed by atoms with E-state index >= 15 is 0 Å². The van der Waals surface area contributed by atoms with Crippen molar-refractivity contribution in [3.63, 3.8) is 0 Å². The van der Waals surface area contributed by atoms with E-state index in [0.717, 1.165) is 5.56 Å². The molecule has 0 aromatic heterocycles. The summed E-state index contributed by atoms with van der Waals surface area (Å²) in [5.74, 6) is 1.11. The van der Waals surface area contributed by atoms with E-state index in [1.807, 2.05) is 44.2 Å². The molecule has 0 saturated carbocycles. The Balaban J connectivity index is 2.14. The third-order valence-corrected chi connectivity index (χ3v) is 3.08. The number of hydrogen-bond donors (Lipinski definition) is 1. The summed E-state index contributed by atoms with van der Waals surface area (Å²) in [5.41, 5.74) is 1.65. The Hall–Kier alpha value is -2.49. The number of carbonyl (C=O) groups is 1. The molecule has 1 N–H and O–H groups in total. The van der Waals surface area contributed by atoms with Gasteiger partial charge < -0.3 is 14.8 Å².